The highest BCUT2D eigenvalue weighted by Crippen LogP contribution is 1.92. The second-order valence-corrected chi connectivity index (χ2v) is 1.53. The number of rotatable bonds is 0. The number of nitrogens with zero attached hydrogens (tertiary/aromatic N) is 1. The third kappa shape index (κ3) is 2.21. The van der Waals surface area contributed by atoms with E-state index in [0.717, 1.165) is 5.57 Å². The molecule has 0 aromatic carbocycles. The van der Waals surface area contributed by atoms with Crippen LogP contribution < -0.4 is 0 Å². The highest BCUT2D eigenvalue weighted by atomic mass is 127. The molecule has 0 unspecified atom stereocenters. The van der Waals surface area contributed by atoms with Gasteiger partial charge in [-0.05, 0) is 11.0 Å². The summed E-state index contributed by atoms with van der Waals surface area (Å²) in [4.78, 5) is 0. The first-order valence-corrected chi connectivity index (χ1v) is 2.73. The summed E-state index contributed by atoms with van der Waals surface area (Å²) < 4.78 is 1.75. The lowest BCUT2D eigenvalue weighted by molar-refractivity contribution is 1.46. The summed E-state index contributed by atoms with van der Waals surface area (Å²) >= 11 is 2.03. The molecule has 0 radical (unpaired) electrons. The van der Waals surface area contributed by atoms with Crippen molar-refractivity contribution in [3.05, 3.63) is 9.66 Å². The molecule has 0 atom stereocenters. The largest absolute Gasteiger partial charge is 0.193 e. The Balaban J connectivity index is 3.61. The highest BCUT2D eigenvalue weighted by molar-refractivity contribution is 14.1. The van der Waals surface area contributed by atoms with Crippen LogP contribution in [0.1, 0.15) is 6.92 Å². The number of nitriles is 1. The molecule has 2 heteroatoms. The Bertz CT molecular complexity index is 98.6. The summed E-state index contributed by atoms with van der Waals surface area (Å²) in [6.07, 6.45) is 0. The van der Waals surface area contributed by atoms with E-state index in [1.807, 2.05) is 28.7 Å². The lowest BCUT2D eigenvalue weighted by atomic mass is 10.4. The van der Waals surface area contributed by atoms with Crippen LogP contribution in [0.25, 0.3) is 0 Å². The summed E-state index contributed by atoms with van der Waals surface area (Å²) in [5.41, 5.74) is 0.760. The summed E-state index contributed by atoms with van der Waals surface area (Å²) in [6, 6.07) is 1.97. The van der Waals surface area contributed by atoms with Gasteiger partial charge in [0.05, 0.1) is 6.07 Å². The van der Waals surface area contributed by atoms with Crippen LogP contribution in [0, 0.1) is 11.3 Å². The van der Waals surface area contributed by atoms with Crippen molar-refractivity contribution in [2.45, 2.75) is 6.92 Å². The average molecular weight is 193 g/mol. The second-order valence-electron chi connectivity index (χ2n) is 0.904. The zero-order valence-electron chi connectivity index (χ0n) is 3.40. The first-order chi connectivity index (χ1) is 2.81. The van der Waals surface area contributed by atoms with E-state index in [1.165, 1.54) is 0 Å². The zero-order valence-corrected chi connectivity index (χ0v) is 5.56. The van der Waals surface area contributed by atoms with Crippen molar-refractivity contribution >= 4 is 22.6 Å². The molecule has 0 amide bonds. The number of hydrogen-bond acceptors (Lipinski definition) is 1. The predicted molar refractivity (Wildman–Crippen MR) is 33.4 cm³/mol. The molecule has 0 aliphatic carbocycles. The lowest BCUT2D eigenvalue weighted by Gasteiger charge is -1.68. The summed E-state index contributed by atoms with van der Waals surface area (Å²) in [7, 11) is 0. The molecular formula is C4H4IN. The fraction of sp³-hybridized carbons (Fsp3) is 0.250. The smallest absolute Gasteiger partial charge is 0.0948 e. The summed E-state index contributed by atoms with van der Waals surface area (Å²) in [5.74, 6) is 0. The van der Waals surface area contributed by atoms with Gasteiger partial charge in [0.15, 0.2) is 0 Å². The predicted octanol–water partition coefficient (Wildman–Crippen LogP) is 1.85. The molecular weight excluding hydrogens is 189 g/mol. The molecule has 0 rings (SSSR count). The van der Waals surface area contributed by atoms with E-state index >= 15 is 0 Å². The molecule has 0 heterocycles. The molecule has 0 bridgehead atoms. The van der Waals surface area contributed by atoms with Gasteiger partial charge in [-0.2, -0.15) is 5.26 Å². The number of hydrogen-bond donors (Lipinski definition) is 0. The fourth-order valence-corrected chi connectivity index (χ4v) is 0.164. The Morgan fingerprint density at radius 1 is 2.00 bits per heavy atom. The lowest BCUT2D eigenvalue weighted by Crippen LogP contribution is -1.56. The van der Waals surface area contributed by atoms with Gasteiger partial charge in [0.2, 0.25) is 0 Å². The first kappa shape index (κ1) is 5.96. The Morgan fingerprint density at radius 3 is 2.50 bits per heavy atom. The molecule has 0 aromatic rings. The van der Waals surface area contributed by atoms with E-state index in [1.54, 1.807) is 11.0 Å². The van der Waals surface area contributed by atoms with Crippen LogP contribution in [-0.2, 0) is 0 Å². The maximum atomic E-state index is 8.01. The Hall–Kier alpha value is -0.0400. The second kappa shape index (κ2) is 3.16. The van der Waals surface area contributed by atoms with Crippen LogP contribution in [0.5, 0.6) is 0 Å². The number of allylic oxidation sites excluding steroid dienone is 1. The van der Waals surface area contributed by atoms with Crippen LogP contribution in [0.4, 0.5) is 0 Å². The molecule has 6 heavy (non-hydrogen) atoms. The standard InChI is InChI=1S/C4H4IN/c1-4(2-5)3-6/h2H,1H3/b4-2-. The molecule has 0 aliphatic rings. The van der Waals surface area contributed by atoms with E-state index in [9.17, 15) is 0 Å². The summed E-state index contributed by atoms with van der Waals surface area (Å²) in [6.45, 7) is 1.77. The molecule has 0 saturated heterocycles. The van der Waals surface area contributed by atoms with E-state index in [2.05, 4.69) is 0 Å². The third-order valence-corrected chi connectivity index (χ3v) is 1.27. The molecule has 1 nitrogen and oxygen atoms in total. The van der Waals surface area contributed by atoms with Crippen molar-refractivity contribution < 1.29 is 0 Å². The maximum absolute atomic E-state index is 8.01. The highest BCUT2D eigenvalue weighted by Gasteiger charge is 1.72. The maximum Gasteiger partial charge on any atom is 0.0948 e. The molecule has 0 saturated carbocycles. The van der Waals surface area contributed by atoms with Crippen molar-refractivity contribution in [2.24, 2.45) is 0 Å². The van der Waals surface area contributed by atoms with Crippen LogP contribution in [0.15, 0.2) is 9.66 Å². The van der Waals surface area contributed by atoms with Gasteiger partial charge in [0.1, 0.15) is 0 Å². The quantitative estimate of drug-likeness (QED) is 0.425. The molecule has 32 valence electrons. The minimum atomic E-state index is 0.760. The van der Waals surface area contributed by atoms with Gasteiger partial charge >= 0.3 is 0 Å². The molecule has 0 aliphatic heterocycles. The van der Waals surface area contributed by atoms with E-state index in [4.69, 9.17) is 5.26 Å². The monoisotopic (exact) mass is 193 g/mol. The van der Waals surface area contributed by atoms with Gasteiger partial charge in [-0.1, -0.05) is 22.6 Å². The zero-order chi connectivity index (χ0) is 4.99. The first-order valence-electron chi connectivity index (χ1n) is 1.48. The Labute approximate surface area is 50.8 Å². The average Bonchev–Trinajstić information content (AvgIpc) is 1.65. The van der Waals surface area contributed by atoms with Gasteiger partial charge in [-0.3, -0.25) is 0 Å². The van der Waals surface area contributed by atoms with Crippen molar-refractivity contribution in [1.82, 2.24) is 0 Å². The van der Waals surface area contributed by atoms with Crippen molar-refractivity contribution in [2.75, 3.05) is 0 Å². The van der Waals surface area contributed by atoms with Gasteiger partial charge in [-0.25, -0.2) is 0 Å². The van der Waals surface area contributed by atoms with E-state index < -0.39 is 0 Å². The topological polar surface area (TPSA) is 23.8 Å². The van der Waals surface area contributed by atoms with Crippen LogP contribution in [0.2, 0.25) is 0 Å². The van der Waals surface area contributed by atoms with Crippen molar-refractivity contribution in [3.63, 3.8) is 0 Å². The van der Waals surface area contributed by atoms with Crippen LogP contribution >= 0.6 is 22.6 Å². The number of halogens is 1. The van der Waals surface area contributed by atoms with Crippen molar-refractivity contribution in [1.29, 1.82) is 5.26 Å². The van der Waals surface area contributed by atoms with Gasteiger partial charge in [0, 0.05) is 5.57 Å². The van der Waals surface area contributed by atoms with Crippen LogP contribution in [0.3, 0.4) is 0 Å². The SMILES string of the molecule is C/C(C#N)=C/I. The van der Waals surface area contributed by atoms with Crippen molar-refractivity contribution in [3.8, 4) is 6.07 Å². The fourth-order valence-electron chi connectivity index (χ4n) is 0.0244. The molecule has 0 N–H and O–H groups in total. The Morgan fingerprint density at radius 2 is 2.50 bits per heavy atom. The third-order valence-electron chi connectivity index (χ3n) is 0.340. The van der Waals surface area contributed by atoms with Gasteiger partial charge < -0.3 is 0 Å². The Kier molecular flexibility index (Phi) is 3.14. The van der Waals surface area contributed by atoms with Gasteiger partial charge in [0.25, 0.3) is 0 Å². The molecule has 0 spiro atoms. The summed E-state index contributed by atoms with van der Waals surface area (Å²) in [5, 5.41) is 8.01. The molecule has 0 aromatic heterocycles. The minimum absolute atomic E-state index is 0.760. The van der Waals surface area contributed by atoms with Gasteiger partial charge in [-0.15, -0.1) is 0 Å². The normalized spacial score (nSPS) is 10.5. The van der Waals surface area contributed by atoms with E-state index in [0.29, 0.717) is 0 Å². The van der Waals surface area contributed by atoms with E-state index in [-0.39, 0.29) is 0 Å². The molecule has 0 fully saturated rings. The minimum Gasteiger partial charge on any atom is -0.193 e. The van der Waals surface area contributed by atoms with Crippen LogP contribution in [-0.4, -0.2) is 0 Å².